The second kappa shape index (κ2) is 33.3. The Morgan fingerprint density at radius 2 is 0.730 bits per heavy atom. The van der Waals surface area contributed by atoms with Crippen LogP contribution in [0.5, 0.6) is 0 Å². The molecule has 0 saturated carbocycles. The number of ketones is 4. The van der Waals surface area contributed by atoms with Gasteiger partial charge in [0.1, 0.15) is 19.8 Å². The highest BCUT2D eigenvalue weighted by Crippen LogP contribution is 2.40. The third-order valence-corrected chi connectivity index (χ3v) is 25.0. The van der Waals surface area contributed by atoms with Gasteiger partial charge in [0.2, 0.25) is 10.0 Å². The first-order valence-corrected chi connectivity index (χ1v) is 42.0. The number of anilines is 3. The summed E-state index contributed by atoms with van der Waals surface area (Å²) in [7, 11) is -11.7. The highest BCUT2D eigenvalue weighted by molar-refractivity contribution is 7.91. The molecular weight excluding hydrogens is 1520 g/mol. The molecule has 0 unspecified atom stereocenters. The summed E-state index contributed by atoms with van der Waals surface area (Å²) >= 11 is 0. The summed E-state index contributed by atoms with van der Waals surface area (Å²) < 4.78 is 98.1. The van der Waals surface area contributed by atoms with Crippen LogP contribution in [0.2, 0.25) is 12.6 Å². The Bertz CT molecular complexity index is 5690. The van der Waals surface area contributed by atoms with E-state index in [1.165, 1.54) is 36.4 Å². The number of sulfonamides is 3. The highest BCUT2D eigenvalue weighted by atomic mass is 32.2. The standard InChI is InChI=1S/C29H25BN2O5S.C29H27N3O6S.C29H25N3O5S/c33-28-22(18-24-27-23(28)10-6-12-26(27)38(35,36)31-24)17-21-9-4-5-11-25(21)32-15-13-30(14-16-32)29(34)37-19-20-7-2-1-3-8-20;30-39(36,37)26-12-6-10-23-27(26)25(33)18-22(28(23)34)17-21-9-4-5-11-24(21)31-13-15-32(16-14-31)29(35)38-19-20-7-2-1-3-8-20;33-28-22(18-24-27-23(28)10-6-12-26(27)38(35,36)30-24)17-21-9-4-5-11-25(21)31-13-15-32(16-14-31)29(34)37-19-20-7-2-1-3-8-20/h1-12,18H,13-17,19H2;1-12,18H,13-17,19H2,(H2,30,36,37);1-12,18H,13-17,19H2. The number of hydrogen-bond donors (Lipinski definition) is 1. The van der Waals surface area contributed by atoms with E-state index in [-0.39, 0.29) is 94.0 Å². The molecular formula is C87H77BN8O16S3. The molecule has 3 fully saturated rings. The summed E-state index contributed by atoms with van der Waals surface area (Å²) in [5.41, 5.74) is 11.9. The molecule has 17 rings (SSSR count). The van der Waals surface area contributed by atoms with E-state index >= 15 is 0 Å². The average molecular weight is 1600 g/mol. The Kier molecular flexibility index (Phi) is 22.5. The molecule has 0 radical (unpaired) electrons. The van der Waals surface area contributed by atoms with Gasteiger partial charge >= 0.3 is 12.2 Å². The van der Waals surface area contributed by atoms with Crippen LogP contribution >= 0.6 is 0 Å². The fourth-order valence-electron chi connectivity index (χ4n) is 15.5. The highest BCUT2D eigenvalue weighted by Gasteiger charge is 2.40. The monoisotopic (exact) mass is 1600 g/mol. The molecule has 0 atom stereocenters. The van der Waals surface area contributed by atoms with E-state index in [0.29, 0.717) is 136 Å². The van der Waals surface area contributed by atoms with E-state index in [0.717, 1.165) is 50.4 Å². The Morgan fingerprint density at radius 3 is 1.12 bits per heavy atom. The van der Waals surface area contributed by atoms with Crippen molar-refractivity contribution < 1.29 is 73.0 Å². The van der Waals surface area contributed by atoms with Gasteiger partial charge in [-0.25, -0.2) is 23.1 Å². The number of allylic oxidation sites excluding steroid dienone is 6. The van der Waals surface area contributed by atoms with Crippen molar-refractivity contribution in [1.82, 2.24) is 9.80 Å². The van der Waals surface area contributed by atoms with Gasteiger partial charge in [0.15, 0.2) is 23.1 Å². The van der Waals surface area contributed by atoms with Crippen LogP contribution in [0.15, 0.2) is 277 Å². The molecule has 8 aliphatic rings. The molecule has 28 heteroatoms. The van der Waals surface area contributed by atoms with Crippen LogP contribution in [0.1, 0.15) is 85.9 Å². The molecule has 582 valence electrons. The topological polar surface area (TPSA) is 317 Å². The SMILES string of the molecule is NS(=O)(=O)c1cccc2c1C(=O)C=C(Cc1ccccc1N1CCN(C(=O)OCc3ccccc3)CC1)C2=O.O=C(OCc1ccccc1)B1CCN(c2ccccc2CC2=CC3=NS(=O)(=O)c4cccc(c43)C2=O)CC1.O=C1C(Cc2ccccc2N2CCN(C(=O)OCc3ccccc3)CC2)=CC2=NS(=O)(=O)c3cccc1c32. The minimum Gasteiger partial charge on any atom is -0.469 e. The number of rotatable bonds is 17. The predicted molar refractivity (Wildman–Crippen MR) is 435 cm³/mol. The van der Waals surface area contributed by atoms with Crippen molar-refractivity contribution in [3.8, 4) is 0 Å². The number of carbonyl (C=O) groups excluding carboxylic acids is 7. The lowest BCUT2D eigenvalue weighted by atomic mass is 9.43. The molecule has 3 saturated heterocycles. The van der Waals surface area contributed by atoms with Crippen molar-refractivity contribution in [3.63, 3.8) is 0 Å². The number of carbonyl (C=O) groups is 7. The summed E-state index contributed by atoms with van der Waals surface area (Å²) in [5, 5.41) is 5.27. The van der Waals surface area contributed by atoms with Crippen molar-refractivity contribution in [2.75, 3.05) is 80.1 Å². The Balaban J connectivity index is 0.000000136. The number of nitrogens with zero attached hydrogens (tertiary/aromatic N) is 7. The molecule has 5 aliphatic heterocycles. The maximum absolute atomic E-state index is 13.3. The number of primary sulfonamides is 1. The Morgan fingerprint density at radius 1 is 0.391 bits per heavy atom. The van der Waals surface area contributed by atoms with Crippen molar-refractivity contribution in [2.24, 2.45) is 13.9 Å². The number of hydrogen-bond acceptors (Lipinski definition) is 19. The molecule has 0 aromatic heterocycles. The van der Waals surface area contributed by atoms with Gasteiger partial charge in [-0.05, 0) is 101 Å². The molecule has 24 nitrogen and oxygen atoms in total. The number of benzene rings is 9. The van der Waals surface area contributed by atoms with E-state index in [4.69, 9.17) is 19.3 Å². The van der Waals surface area contributed by atoms with Gasteiger partial charge in [-0.2, -0.15) is 25.6 Å². The number of Topliss-reactive ketones (excluding diaryl/α,β-unsaturated/α-hetero) is 3. The normalized spacial score (nSPS) is 16.9. The van der Waals surface area contributed by atoms with Crippen molar-refractivity contribution in [2.45, 2.75) is 66.4 Å². The summed E-state index contributed by atoms with van der Waals surface area (Å²) in [6.07, 6.45) is 6.01. The van der Waals surface area contributed by atoms with Gasteiger partial charge in [0.25, 0.3) is 32.6 Å². The third kappa shape index (κ3) is 16.9. The van der Waals surface area contributed by atoms with Crippen LogP contribution in [0, 0.1) is 0 Å². The second-order valence-corrected chi connectivity index (χ2v) is 33.3. The maximum atomic E-state index is 13.3. The van der Waals surface area contributed by atoms with Crippen LogP contribution in [-0.4, -0.2) is 160 Å². The number of ether oxygens (including phenoxy) is 3. The van der Waals surface area contributed by atoms with Gasteiger partial charge in [-0.1, -0.05) is 182 Å². The minimum atomic E-state index is -4.17. The van der Waals surface area contributed by atoms with Crippen molar-refractivity contribution in [1.29, 1.82) is 0 Å². The van der Waals surface area contributed by atoms with E-state index in [2.05, 4.69) is 23.5 Å². The van der Waals surface area contributed by atoms with Crippen LogP contribution in [0.25, 0.3) is 0 Å². The largest absolute Gasteiger partial charge is 0.469 e. The molecule has 2 amide bonds. The summed E-state index contributed by atoms with van der Waals surface area (Å²) in [6.45, 7) is 6.40. The van der Waals surface area contributed by atoms with Gasteiger partial charge in [0.05, 0.1) is 31.7 Å². The lowest BCUT2D eigenvalue weighted by molar-refractivity contribution is 0.0935. The lowest BCUT2D eigenvalue weighted by Gasteiger charge is -2.36. The molecule has 3 aliphatic carbocycles. The van der Waals surface area contributed by atoms with Crippen molar-refractivity contribution >= 4 is 106 Å². The van der Waals surface area contributed by atoms with Gasteiger partial charge in [-0.3, -0.25) is 24.0 Å². The first-order chi connectivity index (χ1) is 55.5. The first-order valence-electron chi connectivity index (χ1n) is 37.6. The van der Waals surface area contributed by atoms with Gasteiger partial charge in [0, 0.05) is 146 Å². The van der Waals surface area contributed by atoms with E-state index in [1.54, 1.807) is 46.2 Å². The Labute approximate surface area is 665 Å². The fourth-order valence-corrected chi connectivity index (χ4v) is 18.7. The third-order valence-electron chi connectivity index (χ3n) is 21.4. The average Bonchev–Trinajstić information content (AvgIpc) is 1.59. The number of amides is 2. The zero-order chi connectivity index (χ0) is 80.1. The van der Waals surface area contributed by atoms with E-state index in [1.807, 2.05) is 164 Å². The first kappa shape index (κ1) is 77.8. The van der Waals surface area contributed by atoms with Crippen LogP contribution in [-0.2, 0) is 83.4 Å². The van der Waals surface area contributed by atoms with Crippen LogP contribution in [0.4, 0.5) is 31.4 Å². The quantitative estimate of drug-likeness (QED) is 0.0654. The number of nitrogens with two attached hydrogens (primary N) is 1. The summed E-state index contributed by atoms with van der Waals surface area (Å²) in [5.74, 6) is -1.49. The molecule has 115 heavy (non-hydrogen) atoms. The zero-order valence-corrected chi connectivity index (χ0v) is 64.7. The van der Waals surface area contributed by atoms with Gasteiger partial charge < -0.3 is 38.7 Å². The van der Waals surface area contributed by atoms with Crippen LogP contribution in [0.3, 0.4) is 0 Å². The predicted octanol–water partition coefficient (Wildman–Crippen LogP) is 12.1. The van der Waals surface area contributed by atoms with E-state index < -0.39 is 41.6 Å². The summed E-state index contributed by atoms with van der Waals surface area (Å²) in [4.78, 5) is 100. The minimum absolute atomic E-state index is 0.0316. The van der Waals surface area contributed by atoms with Crippen molar-refractivity contribution in [3.05, 3.63) is 320 Å². The maximum Gasteiger partial charge on any atom is 0.410 e. The number of fused-ring (bicyclic) bond motifs is 1. The number of piperazine rings is 2. The molecule has 9 aromatic carbocycles. The number of para-hydroxylation sites is 3. The smallest absolute Gasteiger partial charge is 0.410 e. The molecule has 5 heterocycles. The van der Waals surface area contributed by atoms with Gasteiger partial charge in [-0.15, -0.1) is 0 Å². The molecule has 0 bridgehead atoms. The van der Waals surface area contributed by atoms with E-state index in [9.17, 15) is 58.8 Å². The molecule has 2 N–H and O–H groups in total. The lowest BCUT2D eigenvalue weighted by Crippen LogP contribution is -2.49. The Hall–Kier alpha value is -12.5. The zero-order valence-electron chi connectivity index (χ0n) is 62.3. The van der Waals surface area contributed by atoms with Crippen LogP contribution < -0.4 is 19.8 Å². The fraction of sp³-hybridized carbons (Fsp3) is 0.207. The summed E-state index contributed by atoms with van der Waals surface area (Å²) in [6, 6.07) is 65.7. The second-order valence-electron chi connectivity index (χ2n) is 28.6. The molecule has 0 spiro atoms. The molecule has 9 aromatic rings.